The average Bonchev–Trinajstić information content (AvgIpc) is 2.07. The van der Waals surface area contributed by atoms with E-state index >= 15 is 0 Å². The van der Waals surface area contributed by atoms with Crippen LogP contribution in [0, 0.1) is 5.82 Å². The minimum atomic E-state index is -1.28. The van der Waals surface area contributed by atoms with Gasteiger partial charge in [-0.05, 0) is 6.07 Å². The quantitative estimate of drug-likeness (QED) is 0.739. The third kappa shape index (κ3) is 2.25. The number of hydrogen-bond acceptors (Lipinski definition) is 3. The molecular weight excluding hydrogens is 191 g/mol. The summed E-state index contributed by atoms with van der Waals surface area (Å²) in [4.78, 5) is 24.4. The maximum absolute atomic E-state index is 12.9. The molecule has 0 bridgehead atoms. The van der Waals surface area contributed by atoms with E-state index in [0.717, 1.165) is 12.3 Å². The van der Waals surface area contributed by atoms with Gasteiger partial charge in [-0.25, -0.2) is 14.2 Å². The summed E-state index contributed by atoms with van der Waals surface area (Å²) in [7, 11) is 0. The van der Waals surface area contributed by atoms with Crippen molar-refractivity contribution in [3.63, 3.8) is 0 Å². The molecule has 0 aliphatic heterocycles. The fourth-order valence-corrected chi connectivity index (χ4v) is 0.841. The smallest absolute Gasteiger partial charge is 0.354 e. The van der Waals surface area contributed by atoms with E-state index in [-0.39, 0.29) is 11.4 Å². The number of carboxylic acids is 1. The second-order valence-electron chi connectivity index (χ2n) is 2.54. The minimum absolute atomic E-state index is 0.190. The zero-order chi connectivity index (χ0) is 10.7. The number of nitrogens with one attached hydrogen (secondary N) is 1. The minimum Gasteiger partial charge on any atom is -0.477 e. The van der Waals surface area contributed by atoms with Crippen LogP contribution in [0.1, 0.15) is 17.4 Å². The van der Waals surface area contributed by atoms with Gasteiger partial charge in [-0.1, -0.05) is 0 Å². The molecule has 0 aliphatic carbocycles. The second kappa shape index (κ2) is 3.82. The SMILES string of the molecule is CC(=O)Nc1cc(C(=O)O)ncc1F. The van der Waals surface area contributed by atoms with Crippen LogP contribution < -0.4 is 5.32 Å². The van der Waals surface area contributed by atoms with Crippen molar-refractivity contribution in [2.45, 2.75) is 6.92 Å². The number of hydrogen-bond donors (Lipinski definition) is 2. The summed E-state index contributed by atoms with van der Waals surface area (Å²) in [6.07, 6.45) is 0.745. The number of pyridine rings is 1. The second-order valence-corrected chi connectivity index (χ2v) is 2.54. The largest absolute Gasteiger partial charge is 0.477 e. The van der Waals surface area contributed by atoms with Gasteiger partial charge in [-0.2, -0.15) is 0 Å². The Bertz CT molecular complexity index is 392. The van der Waals surface area contributed by atoms with Crippen LogP contribution in [0.3, 0.4) is 0 Å². The van der Waals surface area contributed by atoms with Crippen LogP contribution in [0.5, 0.6) is 0 Å². The molecule has 0 radical (unpaired) electrons. The van der Waals surface area contributed by atoms with Crippen LogP contribution in [-0.2, 0) is 4.79 Å². The van der Waals surface area contributed by atoms with E-state index in [0.29, 0.717) is 0 Å². The van der Waals surface area contributed by atoms with E-state index in [1.54, 1.807) is 0 Å². The van der Waals surface area contributed by atoms with Crippen molar-refractivity contribution in [3.8, 4) is 0 Å². The van der Waals surface area contributed by atoms with E-state index in [1.165, 1.54) is 6.92 Å². The lowest BCUT2D eigenvalue weighted by atomic mass is 10.3. The lowest BCUT2D eigenvalue weighted by molar-refractivity contribution is -0.114. The number of aromatic carboxylic acids is 1. The summed E-state index contributed by atoms with van der Waals surface area (Å²) in [5.74, 6) is -2.53. The third-order valence-electron chi connectivity index (χ3n) is 1.39. The van der Waals surface area contributed by atoms with Gasteiger partial charge < -0.3 is 10.4 Å². The Hall–Kier alpha value is -1.98. The van der Waals surface area contributed by atoms with Gasteiger partial charge in [0, 0.05) is 6.92 Å². The Balaban J connectivity index is 3.08. The lowest BCUT2D eigenvalue weighted by Crippen LogP contribution is -2.10. The molecule has 0 fully saturated rings. The predicted octanol–water partition coefficient (Wildman–Crippen LogP) is 0.877. The first-order chi connectivity index (χ1) is 6.50. The predicted molar refractivity (Wildman–Crippen MR) is 45.5 cm³/mol. The van der Waals surface area contributed by atoms with E-state index in [1.807, 2.05) is 0 Å². The zero-order valence-corrected chi connectivity index (χ0v) is 7.24. The Morgan fingerprint density at radius 3 is 2.71 bits per heavy atom. The number of carbonyl (C=O) groups is 2. The van der Waals surface area contributed by atoms with Crippen molar-refractivity contribution in [2.75, 3.05) is 5.32 Å². The van der Waals surface area contributed by atoms with Crippen LogP contribution in [0.25, 0.3) is 0 Å². The first-order valence-electron chi connectivity index (χ1n) is 3.67. The number of rotatable bonds is 2. The summed E-state index contributed by atoms with van der Waals surface area (Å²) in [5, 5.41) is 10.7. The van der Waals surface area contributed by atoms with Crippen molar-refractivity contribution < 1.29 is 19.1 Å². The molecule has 1 heterocycles. The number of carboxylic acid groups (broad SMARTS) is 1. The van der Waals surface area contributed by atoms with Crippen molar-refractivity contribution in [1.82, 2.24) is 4.98 Å². The van der Waals surface area contributed by atoms with Crippen LogP contribution in [-0.4, -0.2) is 22.0 Å². The standard InChI is InChI=1S/C8H7FN2O3/c1-4(12)11-6-2-7(8(13)14)10-3-5(6)9/h2-3H,1H3,(H,13,14)(H,10,11,12). The molecule has 14 heavy (non-hydrogen) atoms. The number of aromatic nitrogens is 1. The van der Waals surface area contributed by atoms with Crippen molar-refractivity contribution in [3.05, 3.63) is 23.8 Å². The molecule has 0 aromatic carbocycles. The molecule has 0 saturated heterocycles. The van der Waals surface area contributed by atoms with Crippen LogP contribution in [0.4, 0.5) is 10.1 Å². The van der Waals surface area contributed by atoms with Gasteiger partial charge >= 0.3 is 5.97 Å². The Kier molecular flexibility index (Phi) is 2.76. The van der Waals surface area contributed by atoms with Gasteiger partial charge in [0.1, 0.15) is 5.69 Å². The molecule has 1 aromatic rings. The molecule has 1 rings (SSSR count). The molecule has 0 saturated carbocycles. The van der Waals surface area contributed by atoms with Gasteiger partial charge in [0.2, 0.25) is 5.91 Å². The highest BCUT2D eigenvalue weighted by Gasteiger charge is 2.10. The van der Waals surface area contributed by atoms with E-state index < -0.39 is 17.7 Å². The molecule has 0 spiro atoms. The molecule has 74 valence electrons. The van der Waals surface area contributed by atoms with Crippen molar-refractivity contribution in [1.29, 1.82) is 0 Å². The molecule has 5 nitrogen and oxygen atoms in total. The summed E-state index contributed by atoms with van der Waals surface area (Å²) in [6.45, 7) is 1.19. The van der Waals surface area contributed by atoms with Gasteiger partial charge in [0.05, 0.1) is 11.9 Å². The van der Waals surface area contributed by atoms with Gasteiger partial charge in [-0.15, -0.1) is 0 Å². The summed E-state index contributed by atoms with van der Waals surface area (Å²) >= 11 is 0. The Morgan fingerprint density at radius 2 is 2.21 bits per heavy atom. The third-order valence-corrected chi connectivity index (χ3v) is 1.39. The number of nitrogens with zero attached hydrogens (tertiary/aromatic N) is 1. The summed E-state index contributed by atoms with van der Waals surface area (Å²) in [5.41, 5.74) is -0.514. The average molecular weight is 198 g/mol. The first kappa shape index (κ1) is 10.1. The number of amides is 1. The van der Waals surface area contributed by atoms with E-state index in [2.05, 4.69) is 10.3 Å². The monoisotopic (exact) mass is 198 g/mol. The fourth-order valence-electron chi connectivity index (χ4n) is 0.841. The topological polar surface area (TPSA) is 79.3 Å². The first-order valence-corrected chi connectivity index (χ1v) is 3.67. The lowest BCUT2D eigenvalue weighted by Gasteiger charge is -2.03. The highest BCUT2D eigenvalue weighted by molar-refractivity contribution is 5.91. The molecule has 1 amide bonds. The van der Waals surface area contributed by atoms with Crippen molar-refractivity contribution in [2.24, 2.45) is 0 Å². The molecule has 0 aliphatic rings. The molecular formula is C8H7FN2O3. The molecule has 0 unspecified atom stereocenters. The maximum atomic E-state index is 12.9. The molecule has 2 N–H and O–H groups in total. The van der Waals surface area contributed by atoms with Gasteiger partial charge in [0.15, 0.2) is 5.82 Å². The van der Waals surface area contributed by atoms with Gasteiger partial charge in [-0.3, -0.25) is 4.79 Å². The van der Waals surface area contributed by atoms with Crippen LogP contribution >= 0.6 is 0 Å². The highest BCUT2D eigenvalue weighted by Crippen LogP contribution is 2.13. The molecule has 0 atom stereocenters. The maximum Gasteiger partial charge on any atom is 0.354 e. The fraction of sp³-hybridized carbons (Fsp3) is 0.125. The number of halogens is 1. The summed E-state index contributed by atoms with van der Waals surface area (Å²) < 4.78 is 12.9. The molecule has 6 heteroatoms. The van der Waals surface area contributed by atoms with Gasteiger partial charge in [0.25, 0.3) is 0 Å². The van der Waals surface area contributed by atoms with E-state index in [4.69, 9.17) is 5.11 Å². The number of carbonyl (C=O) groups excluding carboxylic acids is 1. The Morgan fingerprint density at radius 1 is 1.57 bits per heavy atom. The van der Waals surface area contributed by atoms with E-state index in [9.17, 15) is 14.0 Å². The van der Waals surface area contributed by atoms with Crippen LogP contribution in [0.2, 0.25) is 0 Å². The zero-order valence-electron chi connectivity index (χ0n) is 7.24. The van der Waals surface area contributed by atoms with Crippen molar-refractivity contribution >= 4 is 17.6 Å². The Labute approximate surface area is 78.6 Å². The summed E-state index contributed by atoms with van der Waals surface area (Å²) in [6, 6.07) is 0.957. The highest BCUT2D eigenvalue weighted by atomic mass is 19.1. The number of anilines is 1. The normalized spacial score (nSPS) is 9.57. The molecule has 1 aromatic heterocycles. The van der Waals surface area contributed by atoms with Crippen LogP contribution in [0.15, 0.2) is 12.3 Å².